The van der Waals surface area contributed by atoms with Crippen LogP contribution in [0, 0.1) is 12.8 Å². The van der Waals surface area contributed by atoms with Crippen molar-refractivity contribution in [1.82, 2.24) is 25.1 Å². The standard InChI is InChI=1S/C21H19N7O/c1-11-2-4-23-9-15(11)18-6-12-7-19(24-10-16(12)20(22)26-18)27-21(29)14-8-13(14)17-3-5-25-28-17/h2-7,9-10,13-14H,8H2,1H3,(H2,22,26)(H,25,28)(H,24,27,29)/t13-,14-/m0/s1. The van der Waals surface area contributed by atoms with Crippen molar-refractivity contribution >= 4 is 28.3 Å². The van der Waals surface area contributed by atoms with Crippen LogP contribution in [0.3, 0.4) is 0 Å². The number of aromatic amines is 1. The molecule has 144 valence electrons. The summed E-state index contributed by atoms with van der Waals surface area (Å²) in [5, 5.41) is 11.4. The number of fused-ring (bicyclic) bond motifs is 1. The number of carbonyl (C=O) groups is 1. The number of aromatic nitrogens is 5. The van der Waals surface area contributed by atoms with Crippen LogP contribution >= 0.6 is 0 Å². The van der Waals surface area contributed by atoms with Crippen molar-refractivity contribution in [1.29, 1.82) is 0 Å². The topological polar surface area (TPSA) is 122 Å². The summed E-state index contributed by atoms with van der Waals surface area (Å²) >= 11 is 0. The molecule has 1 aliphatic rings. The number of nitrogens with two attached hydrogens (primary N) is 1. The lowest BCUT2D eigenvalue weighted by atomic mass is 10.1. The Morgan fingerprint density at radius 3 is 2.93 bits per heavy atom. The van der Waals surface area contributed by atoms with E-state index < -0.39 is 0 Å². The SMILES string of the molecule is Cc1ccncc1-c1cc2cc(NC(=O)[C@H]3C[C@@H]3c3ccn[nH]3)ncc2c(N)n1. The molecule has 0 aromatic carbocycles. The van der Waals surface area contributed by atoms with Gasteiger partial charge in [-0.2, -0.15) is 5.10 Å². The Hall–Kier alpha value is -3.81. The van der Waals surface area contributed by atoms with E-state index in [9.17, 15) is 4.79 Å². The number of carbonyl (C=O) groups excluding carboxylic acids is 1. The van der Waals surface area contributed by atoms with Crippen molar-refractivity contribution in [2.45, 2.75) is 19.3 Å². The molecular weight excluding hydrogens is 366 g/mol. The third-order valence-corrected chi connectivity index (χ3v) is 5.36. The van der Waals surface area contributed by atoms with Gasteiger partial charge in [-0.15, -0.1) is 0 Å². The Balaban J connectivity index is 1.42. The smallest absolute Gasteiger partial charge is 0.229 e. The van der Waals surface area contributed by atoms with E-state index in [1.54, 1.807) is 24.8 Å². The predicted molar refractivity (Wildman–Crippen MR) is 110 cm³/mol. The average Bonchev–Trinajstić information content (AvgIpc) is 3.33. The highest BCUT2D eigenvalue weighted by molar-refractivity contribution is 5.98. The van der Waals surface area contributed by atoms with Crippen LogP contribution < -0.4 is 11.1 Å². The Bertz CT molecular complexity index is 1220. The first-order valence-electron chi connectivity index (χ1n) is 9.37. The summed E-state index contributed by atoms with van der Waals surface area (Å²) in [5.74, 6) is 0.980. The van der Waals surface area contributed by atoms with Crippen molar-refractivity contribution in [2.75, 3.05) is 11.1 Å². The number of nitrogens with zero attached hydrogens (tertiary/aromatic N) is 4. The quantitative estimate of drug-likeness (QED) is 0.496. The molecule has 1 fully saturated rings. The second-order valence-electron chi connectivity index (χ2n) is 7.32. The van der Waals surface area contributed by atoms with E-state index in [1.165, 1.54) is 0 Å². The number of anilines is 2. The van der Waals surface area contributed by atoms with Crippen LogP contribution in [-0.2, 0) is 4.79 Å². The molecule has 4 N–H and O–H groups in total. The molecule has 5 rings (SSSR count). The highest BCUT2D eigenvalue weighted by Crippen LogP contribution is 2.47. The fourth-order valence-electron chi connectivity index (χ4n) is 3.63. The van der Waals surface area contributed by atoms with Gasteiger partial charge >= 0.3 is 0 Å². The third-order valence-electron chi connectivity index (χ3n) is 5.36. The maximum Gasteiger partial charge on any atom is 0.229 e. The molecule has 1 amide bonds. The fraction of sp³-hybridized carbons (Fsp3) is 0.190. The van der Waals surface area contributed by atoms with Crippen LogP contribution in [0.1, 0.15) is 23.6 Å². The summed E-state index contributed by atoms with van der Waals surface area (Å²) in [4.78, 5) is 25.6. The maximum atomic E-state index is 12.6. The largest absolute Gasteiger partial charge is 0.383 e. The molecule has 0 unspecified atom stereocenters. The first kappa shape index (κ1) is 17.3. The van der Waals surface area contributed by atoms with Gasteiger partial charge in [-0.25, -0.2) is 9.97 Å². The van der Waals surface area contributed by atoms with Crippen LogP contribution in [0.15, 0.2) is 49.1 Å². The molecule has 0 saturated heterocycles. The summed E-state index contributed by atoms with van der Waals surface area (Å²) in [7, 11) is 0. The average molecular weight is 385 g/mol. The van der Waals surface area contributed by atoms with Gasteiger partial charge < -0.3 is 11.1 Å². The summed E-state index contributed by atoms with van der Waals surface area (Å²) in [6.07, 6.45) is 7.67. The van der Waals surface area contributed by atoms with Crippen molar-refractivity contribution in [3.8, 4) is 11.3 Å². The van der Waals surface area contributed by atoms with Gasteiger partial charge in [0.15, 0.2) is 0 Å². The van der Waals surface area contributed by atoms with Crippen molar-refractivity contribution in [3.63, 3.8) is 0 Å². The van der Waals surface area contributed by atoms with E-state index in [-0.39, 0.29) is 17.7 Å². The van der Waals surface area contributed by atoms with E-state index in [2.05, 4.69) is 30.5 Å². The zero-order chi connectivity index (χ0) is 20.0. The molecule has 0 bridgehead atoms. The second kappa shape index (κ2) is 6.66. The normalized spacial score (nSPS) is 18.0. The van der Waals surface area contributed by atoms with Gasteiger partial charge in [0.1, 0.15) is 11.6 Å². The minimum absolute atomic E-state index is 0.0400. The lowest BCUT2D eigenvalue weighted by Gasteiger charge is -2.10. The number of nitrogen functional groups attached to an aromatic ring is 1. The van der Waals surface area contributed by atoms with E-state index in [1.807, 2.05) is 31.2 Å². The van der Waals surface area contributed by atoms with Crippen molar-refractivity contribution < 1.29 is 4.79 Å². The summed E-state index contributed by atoms with van der Waals surface area (Å²) in [6.45, 7) is 2.00. The lowest BCUT2D eigenvalue weighted by molar-refractivity contribution is -0.117. The van der Waals surface area contributed by atoms with E-state index in [0.29, 0.717) is 11.6 Å². The van der Waals surface area contributed by atoms with Gasteiger partial charge in [0.2, 0.25) is 5.91 Å². The lowest BCUT2D eigenvalue weighted by Crippen LogP contribution is -2.15. The number of hydrogen-bond donors (Lipinski definition) is 3. The molecule has 4 aromatic rings. The molecular formula is C21H19N7O. The molecule has 0 aliphatic heterocycles. The van der Waals surface area contributed by atoms with Crippen LogP contribution in [0.5, 0.6) is 0 Å². The molecule has 1 saturated carbocycles. The summed E-state index contributed by atoms with van der Waals surface area (Å²) < 4.78 is 0. The highest BCUT2D eigenvalue weighted by Gasteiger charge is 2.45. The zero-order valence-electron chi connectivity index (χ0n) is 15.8. The number of aryl methyl sites for hydroxylation is 1. The molecule has 4 heterocycles. The van der Waals surface area contributed by atoms with E-state index in [0.717, 1.165) is 39.7 Å². The second-order valence-corrected chi connectivity index (χ2v) is 7.32. The van der Waals surface area contributed by atoms with Crippen molar-refractivity contribution in [2.24, 2.45) is 5.92 Å². The van der Waals surface area contributed by atoms with Gasteiger partial charge in [-0.1, -0.05) is 0 Å². The molecule has 0 spiro atoms. The number of nitrogens with one attached hydrogen (secondary N) is 2. The molecule has 4 aromatic heterocycles. The number of hydrogen-bond acceptors (Lipinski definition) is 6. The Morgan fingerprint density at radius 1 is 1.24 bits per heavy atom. The maximum absolute atomic E-state index is 12.6. The minimum atomic E-state index is -0.0657. The minimum Gasteiger partial charge on any atom is -0.383 e. The van der Waals surface area contributed by atoms with Crippen LogP contribution in [0.25, 0.3) is 22.0 Å². The van der Waals surface area contributed by atoms with Crippen LogP contribution in [-0.4, -0.2) is 31.1 Å². The first-order valence-corrected chi connectivity index (χ1v) is 9.37. The zero-order valence-corrected chi connectivity index (χ0v) is 15.8. The van der Waals surface area contributed by atoms with Crippen LogP contribution in [0.4, 0.5) is 11.6 Å². The number of H-pyrrole nitrogens is 1. The summed E-state index contributed by atoms with van der Waals surface area (Å²) in [6, 6.07) is 7.61. The first-order chi connectivity index (χ1) is 14.1. The van der Waals surface area contributed by atoms with Crippen LogP contribution in [0.2, 0.25) is 0 Å². The third kappa shape index (κ3) is 3.18. The van der Waals surface area contributed by atoms with Gasteiger partial charge in [0, 0.05) is 53.3 Å². The Kier molecular flexibility index (Phi) is 3.97. The summed E-state index contributed by atoms with van der Waals surface area (Å²) in [5.41, 5.74) is 9.87. The predicted octanol–water partition coefficient (Wildman–Crippen LogP) is 3.05. The molecule has 8 heteroatoms. The number of rotatable bonds is 4. The van der Waals surface area contributed by atoms with E-state index in [4.69, 9.17) is 5.73 Å². The molecule has 8 nitrogen and oxygen atoms in total. The van der Waals surface area contributed by atoms with Crippen molar-refractivity contribution in [3.05, 3.63) is 60.3 Å². The molecule has 1 aliphatic carbocycles. The molecule has 29 heavy (non-hydrogen) atoms. The monoisotopic (exact) mass is 385 g/mol. The van der Waals surface area contributed by atoms with Gasteiger partial charge in [-0.05, 0) is 48.6 Å². The number of pyridine rings is 3. The number of amides is 1. The van der Waals surface area contributed by atoms with Gasteiger partial charge in [0.05, 0.1) is 5.69 Å². The fourth-order valence-corrected chi connectivity index (χ4v) is 3.63. The molecule has 2 atom stereocenters. The highest BCUT2D eigenvalue weighted by atomic mass is 16.2. The van der Waals surface area contributed by atoms with Gasteiger partial charge in [-0.3, -0.25) is 14.9 Å². The van der Waals surface area contributed by atoms with Gasteiger partial charge in [0.25, 0.3) is 0 Å². The molecule has 0 radical (unpaired) electrons. The Morgan fingerprint density at radius 2 is 2.14 bits per heavy atom. The Labute approximate surface area is 166 Å². The van der Waals surface area contributed by atoms with E-state index >= 15 is 0 Å².